The topological polar surface area (TPSA) is 66.8 Å². The first kappa shape index (κ1) is 12.9. The molecule has 1 aromatic rings. The summed E-state index contributed by atoms with van der Waals surface area (Å²) in [5, 5.41) is 18.4. The minimum absolute atomic E-state index is 0.0520. The third kappa shape index (κ3) is 2.48. The quantitative estimate of drug-likeness (QED) is 0.856. The van der Waals surface area contributed by atoms with Crippen LogP contribution in [0.5, 0.6) is 5.75 Å². The predicted octanol–water partition coefficient (Wildman–Crippen LogP) is 1.88. The van der Waals surface area contributed by atoms with Crippen LogP contribution in [0.2, 0.25) is 0 Å². The molecular formula is C14H18O4. The van der Waals surface area contributed by atoms with E-state index in [1.807, 2.05) is 24.3 Å². The Bertz CT molecular complexity index is 412. The van der Waals surface area contributed by atoms with Crippen LogP contribution >= 0.6 is 0 Å². The van der Waals surface area contributed by atoms with Gasteiger partial charge in [-0.1, -0.05) is 12.1 Å². The summed E-state index contributed by atoms with van der Waals surface area (Å²) in [6, 6.07) is 7.72. The molecule has 4 heteroatoms. The number of aliphatic hydroxyl groups excluding tert-OH is 1. The Labute approximate surface area is 106 Å². The molecule has 2 N–H and O–H groups in total. The van der Waals surface area contributed by atoms with Gasteiger partial charge in [-0.25, -0.2) is 0 Å². The second-order valence-electron chi connectivity index (χ2n) is 4.83. The van der Waals surface area contributed by atoms with Crippen LogP contribution < -0.4 is 4.74 Å². The fourth-order valence-corrected chi connectivity index (χ4v) is 2.78. The second-order valence-corrected chi connectivity index (χ2v) is 4.83. The van der Waals surface area contributed by atoms with E-state index in [0.29, 0.717) is 6.42 Å². The molecule has 1 saturated carbocycles. The third-order valence-corrected chi connectivity index (χ3v) is 3.83. The van der Waals surface area contributed by atoms with Gasteiger partial charge in [0.2, 0.25) is 0 Å². The molecule has 1 aromatic carbocycles. The zero-order valence-electron chi connectivity index (χ0n) is 10.4. The molecule has 0 radical (unpaired) electrons. The van der Waals surface area contributed by atoms with Gasteiger partial charge in [0.05, 0.1) is 13.0 Å². The average molecular weight is 250 g/mol. The van der Waals surface area contributed by atoms with Gasteiger partial charge < -0.3 is 14.9 Å². The van der Waals surface area contributed by atoms with E-state index in [2.05, 4.69) is 0 Å². The molecule has 0 saturated heterocycles. The summed E-state index contributed by atoms with van der Waals surface area (Å²) in [7, 11) is 1.62. The van der Waals surface area contributed by atoms with Crippen molar-refractivity contribution in [3.8, 4) is 5.75 Å². The van der Waals surface area contributed by atoms with Gasteiger partial charge in [-0.2, -0.15) is 0 Å². The van der Waals surface area contributed by atoms with Crippen LogP contribution in [-0.2, 0) is 4.79 Å². The number of hydrogen-bond acceptors (Lipinski definition) is 3. The molecule has 2 rings (SSSR count). The van der Waals surface area contributed by atoms with Crippen LogP contribution in [-0.4, -0.2) is 29.9 Å². The molecule has 0 heterocycles. The van der Waals surface area contributed by atoms with Crippen molar-refractivity contribution in [3.05, 3.63) is 29.8 Å². The highest BCUT2D eigenvalue weighted by Crippen LogP contribution is 2.42. The fraction of sp³-hybridized carbons (Fsp3) is 0.500. The Morgan fingerprint density at radius 1 is 1.33 bits per heavy atom. The SMILES string of the molecule is COc1ccc(C2C[C@H](CO)[C@@H](C(=O)O)C2)cc1. The van der Waals surface area contributed by atoms with Crippen LogP contribution in [0, 0.1) is 11.8 Å². The van der Waals surface area contributed by atoms with E-state index in [1.165, 1.54) is 0 Å². The normalized spacial score (nSPS) is 27.1. The van der Waals surface area contributed by atoms with Crippen LogP contribution in [0.15, 0.2) is 24.3 Å². The molecule has 1 aliphatic rings. The zero-order valence-corrected chi connectivity index (χ0v) is 10.4. The lowest BCUT2D eigenvalue weighted by Crippen LogP contribution is -2.20. The Balaban J connectivity index is 2.12. The van der Waals surface area contributed by atoms with Gasteiger partial charge in [0.15, 0.2) is 0 Å². The van der Waals surface area contributed by atoms with E-state index in [4.69, 9.17) is 9.84 Å². The maximum atomic E-state index is 11.1. The van der Waals surface area contributed by atoms with E-state index >= 15 is 0 Å². The molecular weight excluding hydrogens is 232 g/mol. The standard InChI is InChI=1S/C14H18O4/c1-18-12-4-2-9(3-5-12)10-6-11(8-15)13(7-10)14(16)17/h2-5,10-11,13,15H,6-8H2,1H3,(H,16,17)/t10?,11-,13+/m1/s1. The number of carbonyl (C=O) groups is 1. The Morgan fingerprint density at radius 3 is 2.44 bits per heavy atom. The highest BCUT2D eigenvalue weighted by molar-refractivity contribution is 5.71. The molecule has 1 fully saturated rings. The summed E-state index contributed by atoms with van der Waals surface area (Å²) in [6.07, 6.45) is 1.34. The van der Waals surface area contributed by atoms with E-state index in [0.717, 1.165) is 17.7 Å². The Morgan fingerprint density at radius 2 is 2.00 bits per heavy atom. The summed E-state index contributed by atoms with van der Waals surface area (Å²) in [4.78, 5) is 11.1. The van der Waals surface area contributed by atoms with E-state index in [9.17, 15) is 9.90 Å². The van der Waals surface area contributed by atoms with E-state index < -0.39 is 11.9 Å². The molecule has 0 bridgehead atoms. The minimum atomic E-state index is -0.801. The molecule has 4 nitrogen and oxygen atoms in total. The number of carboxylic acid groups (broad SMARTS) is 1. The maximum Gasteiger partial charge on any atom is 0.306 e. The number of benzene rings is 1. The lowest BCUT2D eigenvalue weighted by Gasteiger charge is -2.11. The zero-order chi connectivity index (χ0) is 13.1. The largest absolute Gasteiger partial charge is 0.497 e. The smallest absolute Gasteiger partial charge is 0.306 e. The van der Waals surface area contributed by atoms with Crippen molar-refractivity contribution in [1.82, 2.24) is 0 Å². The van der Waals surface area contributed by atoms with Crippen molar-refractivity contribution in [2.75, 3.05) is 13.7 Å². The number of methoxy groups -OCH3 is 1. The number of rotatable bonds is 4. The van der Waals surface area contributed by atoms with Gasteiger partial charge in [-0.3, -0.25) is 4.79 Å². The molecule has 0 aliphatic heterocycles. The van der Waals surface area contributed by atoms with Crippen molar-refractivity contribution in [3.63, 3.8) is 0 Å². The van der Waals surface area contributed by atoms with Gasteiger partial charge in [0, 0.05) is 6.61 Å². The molecule has 1 unspecified atom stereocenters. The molecule has 18 heavy (non-hydrogen) atoms. The minimum Gasteiger partial charge on any atom is -0.497 e. The van der Waals surface area contributed by atoms with Gasteiger partial charge in [0.25, 0.3) is 0 Å². The summed E-state index contributed by atoms with van der Waals surface area (Å²) in [6.45, 7) is -0.0520. The predicted molar refractivity (Wildman–Crippen MR) is 66.7 cm³/mol. The second kappa shape index (κ2) is 5.40. The van der Waals surface area contributed by atoms with Crippen LogP contribution in [0.1, 0.15) is 24.3 Å². The molecule has 0 spiro atoms. The van der Waals surface area contributed by atoms with Crippen LogP contribution in [0.3, 0.4) is 0 Å². The van der Waals surface area contributed by atoms with Crippen molar-refractivity contribution >= 4 is 5.97 Å². The van der Waals surface area contributed by atoms with Crippen molar-refractivity contribution in [2.24, 2.45) is 11.8 Å². The number of ether oxygens (including phenoxy) is 1. The fourth-order valence-electron chi connectivity index (χ4n) is 2.78. The van der Waals surface area contributed by atoms with E-state index in [1.54, 1.807) is 7.11 Å². The highest BCUT2D eigenvalue weighted by atomic mass is 16.5. The summed E-state index contributed by atoms with van der Waals surface area (Å²) < 4.78 is 5.10. The van der Waals surface area contributed by atoms with Gasteiger partial charge in [0.1, 0.15) is 5.75 Å². The summed E-state index contributed by atoms with van der Waals surface area (Å²) >= 11 is 0. The van der Waals surface area contributed by atoms with Gasteiger partial charge in [-0.05, 0) is 42.4 Å². The van der Waals surface area contributed by atoms with Crippen molar-refractivity contribution in [2.45, 2.75) is 18.8 Å². The molecule has 3 atom stereocenters. The van der Waals surface area contributed by atoms with Crippen molar-refractivity contribution in [1.29, 1.82) is 0 Å². The van der Waals surface area contributed by atoms with Gasteiger partial charge in [-0.15, -0.1) is 0 Å². The van der Waals surface area contributed by atoms with Crippen LogP contribution in [0.4, 0.5) is 0 Å². The first-order valence-electron chi connectivity index (χ1n) is 6.13. The number of hydrogen-bond donors (Lipinski definition) is 2. The number of carboxylic acids is 1. The van der Waals surface area contributed by atoms with Gasteiger partial charge >= 0.3 is 5.97 Å². The molecule has 98 valence electrons. The lowest BCUT2D eigenvalue weighted by molar-refractivity contribution is -0.143. The van der Waals surface area contributed by atoms with Crippen molar-refractivity contribution < 1.29 is 19.7 Å². The maximum absolute atomic E-state index is 11.1. The Hall–Kier alpha value is -1.55. The summed E-state index contributed by atoms with van der Waals surface area (Å²) in [5.41, 5.74) is 1.12. The highest BCUT2D eigenvalue weighted by Gasteiger charge is 2.38. The first-order valence-corrected chi connectivity index (χ1v) is 6.13. The number of aliphatic carboxylic acids is 1. The van der Waals surface area contributed by atoms with E-state index in [-0.39, 0.29) is 18.4 Å². The Kier molecular flexibility index (Phi) is 3.87. The molecule has 0 aromatic heterocycles. The van der Waals surface area contributed by atoms with Crippen LogP contribution in [0.25, 0.3) is 0 Å². The number of aliphatic hydroxyl groups is 1. The molecule has 0 amide bonds. The summed E-state index contributed by atoms with van der Waals surface area (Å²) in [5.74, 6) is -0.346. The first-order chi connectivity index (χ1) is 8.65. The monoisotopic (exact) mass is 250 g/mol. The molecule has 1 aliphatic carbocycles. The lowest BCUT2D eigenvalue weighted by atomic mass is 9.96. The third-order valence-electron chi connectivity index (χ3n) is 3.83. The average Bonchev–Trinajstić information content (AvgIpc) is 2.83.